The highest BCUT2D eigenvalue weighted by Gasteiger charge is 2.10. The van der Waals surface area contributed by atoms with Crippen LogP contribution in [0.5, 0.6) is 0 Å². The second kappa shape index (κ2) is 7.68. The van der Waals surface area contributed by atoms with Crippen LogP contribution in [0.3, 0.4) is 0 Å². The van der Waals surface area contributed by atoms with Crippen LogP contribution < -0.4 is 5.32 Å². The molecule has 1 N–H and O–H groups in total. The minimum Gasteiger partial charge on any atom is -0.380 e. The third-order valence-corrected chi connectivity index (χ3v) is 3.43. The van der Waals surface area contributed by atoms with E-state index in [1.807, 2.05) is 24.3 Å². The van der Waals surface area contributed by atoms with Crippen LogP contribution in [0, 0.1) is 17.0 Å². The zero-order chi connectivity index (χ0) is 15.9. The van der Waals surface area contributed by atoms with Crippen molar-refractivity contribution in [3.8, 4) is 0 Å². The summed E-state index contributed by atoms with van der Waals surface area (Å²) in [7, 11) is 1.68. The van der Waals surface area contributed by atoms with Gasteiger partial charge in [0.2, 0.25) is 0 Å². The summed E-state index contributed by atoms with van der Waals surface area (Å²) in [6, 6.07) is 13.5. The lowest BCUT2D eigenvalue weighted by atomic mass is 10.1. The van der Waals surface area contributed by atoms with Gasteiger partial charge in [-0.25, -0.2) is 0 Å². The second-order valence-electron chi connectivity index (χ2n) is 5.23. The Kier molecular flexibility index (Phi) is 5.63. The monoisotopic (exact) mass is 300 g/mol. The lowest BCUT2D eigenvalue weighted by Gasteiger charge is -2.08. The summed E-state index contributed by atoms with van der Waals surface area (Å²) in [5, 5.41) is 14.3. The summed E-state index contributed by atoms with van der Waals surface area (Å²) in [6.07, 6.45) is 0. The van der Waals surface area contributed by atoms with Crippen molar-refractivity contribution in [3.63, 3.8) is 0 Å². The fraction of sp³-hybridized carbons (Fsp3) is 0.294. The highest BCUT2D eigenvalue weighted by atomic mass is 16.6. The first-order valence-electron chi connectivity index (χ1n) is 7.11. The zero-order valence-electron chi connectivity index (χ0n) is 12.8. The Labute approximate surface area is 130 Å². The van der Waals surface area contributed by atoms with Gasteiger partial charge in [0.25, 0.3) is 5.69 Å². The highest BCUT2D eigenvalue weighted by molar-refractivity contribution is 5.42. The maximum Gasteiger partial charge on any atom is 0.272 e. The second-order valence-corrected chi connectivity index (χ2v) is 5.23. The van der Waals surface area contributed by atoms with Gasteiger partial charge in [-0.15, -0.1) is 0 Å². The number of nitro groups is 1. The number of nitro benzene ring substituents is 1. The number of nitrogens with one attached hydrogen (secondary N) is 1. The summed E-state index contributed by atoms with van der Waals surface area (Å²) in [6.45, 7) is 3.64. The fourth-order valence-electron chi connectivity index (χ4n) is 2.31. The Morgan fingerprint density at radius 3 is 2.45 bits per heavy atom. The number of hydrogen-bond acceptors (Lipinski definition) is 4. The van der Waals surface area contributed by atoms with Crippen LogP contribution in [0.4, 0.5) is 5.69 Å². The molecule has 5 heteroatoms. The molecular formula is C17H20N2O3. The molecule has 0 fully saturated rings. The molecule has 2 rings (SSSR count). The standard InChI is InChI=1S/C17H20N2O3/c1-13-6-7-15(9-17(13)19(20)21)11-18-10-14-4-3-5-16(8-14)12-22-2/h3-9,18H,10-12H2,1-2H3. The predicted octanol–water partition coefficient (Wildman–Crippen LogP) is 3.34. The highest BCUT2D eigenvalue weighted by Crippen LogP contribution is 2.19. The summed E-state index contributed by atoms with van der Waals surface area (Å²) >= 11 is 0. The molecule has 2 aromatic rings. The van der Waals surface area contributed by atoms with E-state index in [-0.39, 0.29) is 10.6 Å². The van der Waals surface area contributed by atoms with Crippen LogP contribution in [0.15, 0.2) is 42.5 Å². The molecule has 116 valence electrons. The molecule has 0 amide bonds. The molecule has 0 unspecified atom stereocenters. The van der Waals surface area contributed by atoms with E-state index in [1.54, 1.807) is 26.2 Å². The van der Waals surface area contributed by atoms with Crippen molar-refractivity contribution in [2.75, 3.05) is 7.11 Å². The molecule has 0 aliphatic rings. The molecule has 5 nitrogen and oxygen atoms in total. The average Bonchev–Trinajstić information content (AvgIpc) is 2.49. The van der Waals surface area contributed by atoms with Crippen molar-refractivity contribution in [2.24, 2.45) is 0 Å². The maximum absolute atomic E-state index is 10.9. The first-order chi connectivity index (χ1) is 10.6. The van der Waals surface area contributed by atoms with Gasteiger partial charge in [-0.05, 0) is 23.6 Å². The molecule has 0 aromatic heterocycles. The van der Waals surface area contributed by atoms with Crippen molar-refractivity contribution < 1.29 is 9.66 Å². The molecular weight excluding hydrogens is 280 g/mol. The minimum absolute atomic E-state index is 0.168. The van der Waals surface area contributed by atoms with Gasteiger partial charge in [-0.3, -0.25) is 10.1 Å². The zero-order valence-corrected chi connectivity index (χ0v) is 12.8. The number of benzene rings is 2. The van der Waals surface area contributed by atoms with Gasteiger partial charge >= 0.3 is 0 Å². The van der Waals surface area contributed by atoms with Gasteiger partial charge in [0.05, 0.1) is 11.5 Å². The Bertz CT molecular complexity index is 656. The molecule has 0 saturated heterocycles. The Morgan fingerprint density at radius 2 is 1.77 bits per heavy atom. The lowest BCUT2D eigenvalue weighted by molar-refractivity contribution is -0.385. The van der Waals surface area contributed by atoms with Crippen molar-refractivity contribution in [1.29, 1.82) is 0 Å². The number of hydrogen-bond donors (Lipinski definition) is 1. The first kappa shape index (κ1) is 16.1. The number of nitrogens with zero attached hydrogens (tertiary/aromatic N) is 1. The summed E-state index contributed by atoms with van der Waals surface area (Å²) in [5.74, 6) is 0. The van der Waals surface area contributed by atoms with E-state index in [9.17, 15) is 10.1 Å². The third kappa shape index (κ3) is 4.38. The van der Waals surface area contributed by atoms with Gasteiger partial charge in [0.15, 0.2) is 0 Å². The molecule has 2 aromatic carbocycles. The molecule has 0 aliphatic carbocycles. The van der Waals surface area contributed by atoms with Crippen LogP contribution in [0.1, 0.15) is 22.3 Å². The third-order valence-electron chi connectivity index (χ3n) is 3.43. The van der Waals surface area contributed by atoms with E-state index < -0.39 is 0 Å². The molecule has 0 radical (unpaired) electrons. The Hall–Kier alpha value is -2.24. The van der Waals surface area contributed by atoms with Crippen LogP contribution in [0.25, 0.3) is 0 Å². The molecule has 0 saturated carbocycles. The van der Waals surface area contributed by atoms with Gasteiger partial charge in [0.1, 0.15) is 0 Å². The topological polar surface area (TPSA) is 64.4 Å². The van der Waals surface area contributed by atoms with Gasteiger partial charge in [-0.2, -0.15) is 0 Å². The molecule has 0 aliphatic heterocycles. The smallest absolute Gasteiger partial charge is 0.272 e. The van der Waals surface area contributed by atoms with Gasteiger partial charge in [-0.1, -0.05) is 36.4 Å². The average molecular weight is 300 g/mol. The molecule has 22 heavy (non-hydrogen) atoms. The Balaban J connectivity index is 1.95. The number of rotatable bonds is 7. The predicted molar refractivity (Wildman–Crippen MR) is 85.5 cm³/mol. The van der Waals surface area contributed by atoms with E-state index in [1.165, 1.54) is 0 Å². The van der Waals surface area contributed by atoms with E-state index in [0.29, 0.717) is 25.3 Å². The maximum atomic E-state index is 10.9. The lowest BCUT2D eigenvalue weighted by Crippen LogP contribution is -2.13. The van der Waals surface area contributed by atoms with Crippen LogP contribution in [-0.4, -0.2) is 12.0 Å². The van der Waals surface area contributed by atoms with E-state index in [2.05, 4.69) is 11.4 Å². The van der Waals surface area contributed by atoms with Crippen molar-refractivity contribution in [1.82, 2.24) is 5.32 Å². The quantitative estimate of drug-likeness (QED) is 0.629. The van der Waals surface area contributed by atoms with Crippen LogP contribution >= 0.6 is 0 Å². The molecule has 0 spiro atoms. The van der Waals surface area contributed by atoms with E-state index in [0.717, 1.165) is 16.7 Å². The van der Waals surface area contributed by atoms with E-state index in [4.69, 9.17) is 4.74 Å². The molecule has 0 bridgehead atoms. The number of methoxy groups -OCH3 is 1. The summed E-state index contributed by atoms with van der Waals surface area (Å²) in [4.78, 5) is 10.6. The summed E-state index contributed by atoms with van der Waals surface area (Å²) < 4.78 is 5.12. The molecule has 0 heterocycles. The normalized spacial score (nSPS) is 10.6. The fourth-order valence-corrected chi connectivity index (χ4v) is 2.31. The first-order valence-corrected chi connectivity index (χ1v) is 7.11. The minimum atomic E-state index is -0.340. The van der Waals surface area contributed by atoms with E-state index >= 15 is 0 Å². The number of aryl methyl sites for hydroxylation is 1. The van der Waals surface area contributed by atoms with Gasteiger partial charge < -0.3 is 10.1 Å². The molecule has 0 atom stereocenters. The van der Waals surface area contributed by atoms with Crippen molar-refractivity contribution >= 4 is 5.69 Å². The van der Waals surface area contributed by atoms with Gasteiger partial charge in [0, 0.05) is 31.8 Å². The summed E-state index contributed by atoms with van der Waals surface area (Å²) in [5.41, 5.74) is 4.05. The number of ether oxygens (including phenoxy) is 1. The van der Waals surface area contributed by atoms with Crippen LogP contribution in [-0.2, 0) is 24.4 Å². The SMILES string of the molecule is COCc1cccc(CNCc2ccc(C)c([N+](=O)[O-])c2)c1. The van der Waals surface area contributed by atoms with Crippen molar-refractivity contribution in [2.45, 2.75) is 26.6 Å². The largest absolute Gasteiger partial charge is 0.380 e. The van der Waals surface area contributed by atoms with Crippen molar-refractivity contribution in [3.05, 3.63) is 74.8 Å². The van der Waals surface area contributed by atoms with Crippen LogP contribution in [0.2, 0.25) is 0 Å². The Morgan fingerprint density at radius 1 is 1.09 bits per heavy atom.